The van der Waals surface area contributed by atoms with E-state index in [2.05, 4.69) is 4.98 Å². The maximum absolute atomic E-state index is 11.0. The average molecular weight is 316 g/mol. The molecule has 2 aromatic rings. The largest absolute Gasteiger partial charge is 0.480 e. The topological polar surface area (TPSA) is 58.4 Å². The Labute approximate surface area is 126 Å². The number of carboxylic acids is 1. The number of nitrogens with zero attached hydrogens (tertiary/aromatic N) is 3. The van der Waals surface area contributed by atoms with Crippen LogP contribution in [0, 0.1) is 0 Å². The summed E-state index contributed by atoms with van der Waals surface area (Å²) in [6.07, 6.45) is 0.657. The molecule has 1 aromatic heterocycles. The van der Waals surface area contributed by atoms with E-state index in [9.17, 15) is 4.79 Å². The molecule has 20 heavy (non-hydrogen) atoms. The van der Waals surface area contributed by atoms with Crippen molar-refractivity contribution < 1.29 is 9.90 Å². The van der Waals surface area contributed by atoms with Crippen molar-refractivity contribution in [3.63, 3.8) is 0 Å². The van der Waals surface area contributed by atoms with E-state index in [0.717, 1.165) is 12.4 Å². The highest BCUT2D eigenvalue weighted by atomic mass is 35.5. The number of carboxylic acid groups (broad SMARTS) is 1. The first-order valence-electron chi connectivity index (χ1n) is 6.09. The van der Waals surface area contributed by atoms with E-state index in [-0.39, 0.29) is 6.54 Å². The van der Waals surface area contributed by atoms with Gasteiger partial charge >= 0.3 is 5.97 Å². The third-order valence-electron chi connectivity index (χ3n) is 2.95. The molecule has 0 radical (unpaired) electrons. The van der Waals surface area contributed by atoms with Gasteiger partial charge in [0.05, 0.1) is 21.1 Å². The zero-order valence-electron chi connectivity index (χ0n) is 11.2. The van der Waals surface area contributed by atoms with Crippen LogP contribution in [-0.4, -0.2) is 46.2 Å². The summed E-state index contributed by atoms with van der Waals surface area (Å²) in [5.41, 5.74) is 1.35. The van der Waals surface area contributed by atoms with Crippen LogP contribution in [0.15, 0.2) is 12.1 Å². The molecule has 0 amide bonds. The van der Waals surface area contributed by atoms with Gasteiger partial charge in [0.1, 0.15) is 12.4 Å². The third kappa shape index (κ3) is 3.23. The SMILES string of the molecule is CN(C)CCc1nc2cc(Cl)c(Cl)cc2n1CC(=O)O. The Morgan fingerprint density at radius 2 is 2.00 bits per heavy atom. The second-order valence-corrected chi connectivity index (χ2v) is 5.63. The molecule has 1 heterocycles. The highest BCUT2D eigenvalue weighted by molar-refractivity contribution is 6.42. The number of imidazole rings is 1. The lowest BCUT2D eigenvalue weighted by atomic mass is 10.3. The van der Waals surface area contributed by atoms with Gasteiger partial charge in [-0.1, -0.05) is 23.2 Å². The fourth-order valence-electron chi connectivity index (χ4n) is 2.00. The van der Waals surface area contributed by atoms with Gasteiger partial charge in [-0.25, -0.2) is 4.98 Å². The van der Waals surface area contributed by atoms with E-state index in [1.165, 1.54) is 0 Å². The highest BCUT2D eigenvalue weighted by Gasteiger charge is 2.15. The molecule has 1 aromatic carbocycles. The Morgan fingerprint density at radius 1 is 1.35 bits per heavy atom. The van der Waals surface area contributed by atoms with Crippen LogP contribution in [0.2, 0.25) is 10.0 Å². The first-order chi connectivity index (χ1) is 9.38. The van der Waals surface area contributed by atoms with Crippen LogP contribution < -0.4 is 0 Å². The molecule has 0 aliphatic heterocycles. The Morgan fingerprint density at radius 3 is 2.60 bits per heavy atom. The van der Waals surface area contributed by atoms with Crippen LogP contribution in [0.4, 0.5) is 0 Å². The number of rotatable bonds is 5. The van der Waals surface area contributed by atoms with Gasteiger partial charge < -0.3 is 14.6 Å². The zero-order chi connectivity index (χ0) is 14.9. The summed E-state index contributed by atoms with van der Waals surface area (Å²) in [6.45, 7) is 0.641. The molecule has 2 rings (SSSR count). The van der Waals surface area contributed by atoms with Gasteiger partial charge in [0.15, 0.2) is 0 Å². The predicted octanol–water partition coefficient (Wildman–Crippen LogP) is 2.53. The number of hydrogen-bond donors (Lipinski definition) is 1. The highest BCUT2D eigenvalue weighted by Crippen LogP contribution is 2.28. The number of aromatic nitrogens is 2. The van der Waals surface area contributed by atoms with E-state index < -0.39 is 5.97 Å². The molecule has 0 atom stereocenters. The van der Waals surface area contributed by atoms with Crippen molar-refractivity contribution in [3.8, 4) is 0 Å². The average Bonchev–Trinajstić information content (AvgIpc) is 2.65. The van der Waals surface area contributed by atoms with Crippen molar-refractivity contribution in [1.29, 1.82) is 0 Å². The Kier molecular flexibility index (Phi) is 4.52. The lowest BCUT2D eigenvalue weighted by molar-refractivity contribution is -0.137. The van der Waals surface area contributed by atoms with Gasteiger partial charge in [0.2, 0.25) is 0 Å². The number of hydrogen-bond acceptors (Lipinski definition) is 3. The summed E-state index contributed by atoms with van der Waals surface area (Å²) in [5.74, 6) is -0.198. The van der Waals surface area contributed by atoms with Crippen molar-refractivity contribution >= 4 is 40.2 Å². The second-order valence-electron chi connectivity index (χ2n) is 4.82. The predicted molar refractivity (Wildman–Crippen MR) is 79.6 cm³/mol. The number of likely N-dealkylation sites (N-methyl/N-ethyl adjacent to an activating group) is 1. The monoisotopic (exact) mass is 315 g/mol. The van der Waals surface area contributed by atoms with Crippen molar-refractivity contribution in [2.45, 2.75) is 13.0 Å². The minimum Gasteiger partial charge on any atom is -0.480 e. The molecule has 0 aliphatic carbocycles. The Bertz CT molecular complexity index is 653. The fraction of sp³-hybridized carbons (Fsp3) is 0.385. The molecule has 7 heteroatoms. The summed E-state index contributed by atoms with van der Waals surface area (Å²) in [5, 5.41) is 9.86. The number of halogens is 2. The van der Waals surface area contributed by atoms with E-state index >= 15 is 0 Å². The molecule has 108 valence electrons. The van der Waals surface area contributed by atoms with Crippen LogP contribution >= 0.6 is 23.2 Å². The lowest BCUT2D eigenvalue weighted by Crippen LogP contribution is -2.19. The normalized spacial score (nSPS) is 11.4. The Balaban J connectivity index is 2.51. The molecule has 0 unspecified atom stereocenters. The lowest BCUT2D eigenvalue weighted by Gasteiger charge is -2.10. The van der Waals surface area contributed by atoms with Crippen molar-refractivity contribution in [2.24, 2.45) is 0 Å². The van der Waals surface area contributed by atoms with Crippen molar-refractivity contribution in [3.05, 3.63) is 28.0 Å². The minimum atomic E-state index is -0.915. The number of aliphatic carboxylic acids is 1. The zero-order valence-corrected chi connectivity index (χ0v) is 12.7. The van der Waals surface area contributed by atoms with Crippen LogP contribution in [0.3, 0.4) is 0 Å². The molecule has 0 saturated carbocycles. The standard InChI is InChI=1S/C13H15Cl2N3O2/c1-17(2)4-3-12-16-10-5-8(14)9(15)6-11(10)18(12)7-13(19)20/h5-6H,3-4,7H2,1-2H3,(H,19,20). The third-order valence-corrected chi connectivity index (χ3v) is 3.67. The summed E-state index contributed by atoms with van der Waals surface area (Å²) in [6, 6.07) is 3.32. The maximum atomic E-state index is 11.0. The molecular formula is C13H15Cl2N3O2. The van der Waals surface area contributed by atoms with Crippen LogP contribution in [0.25, 0.3) is 11.0 Å². The van der Waals surface area contributed by atoms with Gasteiger partial charge in [0.25, 0.3) is 0 Å². The number of fused-ring (bicyclic) bond motifs is 1. The van der Waals surface area contributed by atoms with E-state index in [1.54, 1.807) is 16.7 Å². The van der Waals surface area contributed by atoms with E-state index in [4.69, 9.17) is 28.3 Å². The first-order valence-corrected chi connectivity index (χ1v) is 6.84. The Hall–Kier alpha value is -1.30. The van der Waals surface area contributed by atoms with Gasteiger partial charge in [-0.15, -0.1) is 0 Å². The fourth-order valence-corrected chi connectivity index (χ4v) is 2.31. The van der Waals surface area contributed by atoms with Gasteiger partial charge in [-0.2, -0.15) is 0 Å². The maximum Gasteiger partial charge on any atom is 0.323 e. The molecule has 0 saturated heterocycles. The second kappa shape index (κ2) is 5.99. The quantitative estimate of drug-likeness (QED) is 0.921. The van der Waals surface area contributed by atoms with Gasteiger partial charge in [-0.3, -0.25) is 4.79 Å². The minimum absolute atomic E-state index is 0.142. The van der Waals surface area contributed by atoms with Crippen LogP contribution in [-0.2, 0) is 17.8 Å². The number of carbonyl (C=O) groups is 1. The van der Waals surface area contributed by atoms with E-state index in [1.807, 2.05) is 19.0 Å². The molecule has 5 nitrogen and oxygen atoms in total. The van der Waals surface area contributed by atoms with Crippen LogP contribution in [0.5, 0.6) is 0 Å². The molecule has 0 fully saturated rings. The van der Waals surface area contributed by atoms with Crippen molar-refractivity contribution in [1.82, 2.24) is 14.5 Å². The molecule has 0 spiro atoms. The molecule has 0 aliphatic rings. The summed E-state index contributed by atoms with van der Waals surface area (Å²) >= 11 is 12.0. The summed E-state index contributed by atoms with van der Waals surface area (Å²) in [4.78, 5) is 17.5. The first kappa shape index (κ1) is 15.1. The van der Waals surface area contributed by atoms with Gasteiger partial charge in [0, 0.05) is 13.0 Å². The smallest absolute Gasteiger partial charge is 0.323 e. The molecular weight excluding hydrogens is 301 g/mol. The molecule has 0 bridgehead atoms. The van der Waals surface area contributed by atoms with E-state index in [0.29, 0.717) is 27.5 Å². The van der Waals surface area contributed by atoms with Crippen LogP contribution in [0.1, 0.15) is 5.82 Å². The van der Waals surface area contributed by atoms with Crippen molar-refractivity contribution in [2.75, 3.05) is 20.6 Å². The summed E-state index contributed by atoms with van der Waals surface area (Å²) < 4.78 is 1.67. The van der Waals surface area contributed by atoms with Gasteiger partial charge in [-0.05, 0) is 26.2 Å². The summed E-state index contributed by atoms with van der Waals surface area (Å²) in [7, 11) is 3.91. The number of benzene rings is 1. The molecule has 1 N–H and O–H groups in total.